The molecular weight excluding hydrogens is 874 g/mol. The number of rotatable bonds is 9. The number of aliphatic carboxylic acids is 1. The molecule has 6 heterocycles. The van der Waals surface area contributed by atoms with Crippen molar-refractivity contribution in [2.75, 3.05) is 53.5 Å². The Morgan fingerprint density at radius 2 is 1.71 bits per heavy atom. The van der Waals surface area contributed by atoms with Gasteiger partial charge in [0.1, 0.15) is 58.8 Å². The van der Waals surface area contributed by atoms with E-state index >= 15 is 0 Å². The molecule has 7 aromatic rings. The van der Waals surface area contributed by atoms with Crippen LogP contribution in [0.3, 0.4) is 0 Å². The third-order valence-corrected chi connectivity index (χ3v) is 12.5. The van der Waals surface area contributed by atoms with Crippen LogP contribution in [0.25, 0.3) is 39.2 Å². The van der Waals surface area contributed by atoms with Gasteiger partial charge in [-0.3, -0.25) is 4.90 Å². The number of para-hydroxylation sites is 1. The molecule has 0 amide bonds. The van der Waals surface area contributed by atoms with E-state index in [-0.39, 0.29) is 30.7 Å². The van der Waals surface area contributed by atoms with Crippen molar-refractivity contribution >= 4 is 34.7 Å². The van der Waals surface area contributed by atoms with Gasteiger partial charge in [0.05, 0.1) is 23.4 Å². The number of ether oxygens (including phenoxy) is 5. The molecule has 2 atom stereocenters. The Kier molecular flexibility index (Phi) is 12.8. The predicted molar refractivity (Wildman–Crippen MR) is 245 cm³/mol. The Bertz CT molecular complexity index is 2870. The van der Waals surface area contributed by atoms with E-state index in [2.05, 4.69) is 26.8 Å². The van der Waals surface area contributed by atoms with Crippen LogP contribution in [0.5, 0.6) is 28.9 Å². The van der Waals surface area contributed by atoms with Crippen molar-refractivity contribution in [3.05, 3.63) is 136 Å². The van der Waals surface area contributed by atoms with Gasteiger partial charge in [-0.2, -0.15) is 0 Å². The molecule has 65 heavy (non-hydrogen) atoms. The zero-order valence-electron chi connectivity index (χ0n) is 35.8. The Hall–Kier alpha value is -6.45. The zero-order valence-corrected chi connectivity index (χ0v) is 37.4. The number of nitrogens with zero attached hydrogens (tertiary/aromatic N) is 6. The highest BCUT2D eigenvalue weighted by Gasteiger charge is 2.31. The number of methoxy groups -OCH3 is 1. The smallest absolute Gasteiger partial charge is 0.345 e. The monoisotopic (exact) mass is 918 g/mol. The van der Waals surface area contributed by atoms with Crippen molar-refractivity contribution in [3.8, 4) is 62.5 Å². The molecular formula is C49H45Cl2FN6O7. The lowest BCUT2D eigenvalue weighted by molar-refractivity contribution is -0.145. The van der Waals surface area contributed by atoms with Crippen molar-refractivity contribution in [1.29, 1.82) is 0 Å². The van der Waals surface area contributed by atoms with Gasteiger partial charge in [-0.15, -0.1) is 0 Å². The molecule has 0 spiro atoms. The van der Waals surface area contributed by atoms with E-state index in [4.69, 9.17) is 51.9 Å². The standard InChI is InChI=1S/C49H45Cl2FN6O7/c1-29-36-13-15-40(44(29)50)64-35(26-57-22-20-56(2)21-23-57)28-62-34-12-14-38(63-27-33-16-17-53-47(55-33)37-6-4-5-7-39(37)61-3)31(24-34)25-41(49(59)60)65-48-45-43(36)42(30-8-10-32(52)11-9-30)46(51)58(45)19-18-54-48/h4-19,24,35,41H,20-23,25-28H2,1-3H3,(H,59,60)/t35-,41-/m1/s1. The summed E-state index contributed by atoms with van der Waals surface area (Å²) in [6.45, 7) is 6.16. The van der Waals surface area contributed by atoms with Crippen LogP contribution in [-0.4, -0.2) is 106 Å². The lowest BCUT2D eigenvalue weighted by atomic mass is 9.94. The van der Waals surface area contributed by atoms with E-state index in [1.54, 1.807) is 60.3 Å². The molecule has 334 valence electrons. The first kappa shape index (κ1) is 43.8. The molecule has 0 radical (unpaired) electrons. The minimum atomic E-state index is -1.48. The number of halogens is 3. The average molecular weight is 920 g/mol. The van der Waals surface area contributed by atoms with E-state index in [1.807, 2.05) is 43.3 Å². The largest absolute Gasteiger partial charge is 0.496 e. The SMILES string of the molecule is COc1ccccc1-c1nccc(COc2ccc3cc2C[C@H](C(=O)O)Oc2nccn4c(Cl)c(-c5ccc(F)cc5)c(c24)-c2ccc(c(Cl)c2C)O[C@H](CN2CCN(C)CC2)CO3)n1. The number of carboxylic acids is 1. The molecule has 3 aliphatic rings. The van der Waals surface area contributed by atoms with Gasteiger partial charge in [0.25, 0.3) is 0 Å². The van der Waals surface area contributed by atoms with Gasteiger partial charge in [0.15, 0.2) is 5.82 Å². The molecule has 3 aliphatic heterocycles. The van der Waals surface area contributed by atoms with Gasteiger partial charge in [-0.05, 0) is 85.3 Å². The van der Waals surface area contributed by atoms with Crippen LogP contribution in [0.4, 0.5) is 4.39 Å². The van der Waals surface area contributed by atoms with E-state index in [1.165, 1.54) is 18.3 Å². The normalized spacial score (nSPS) is 16.9. The number of benzene rings is 4. The highest BCUT2D eigenvalue weighted by molar-refractivity contribution is 6.35. The quantitative estimate of drug-likeness (QED) is 0.148. The zero-order chi connectivity index (χ0) is 45.2. The molecule has 4 bridgehead atoms. The first-order valence-electron chi connectivity index (χ1n) is 21.1. The summed E-state index contributed by atoms with van der Waals surface area (Å²) in [5, 5.41) is 11.5. The molecule has 0 saturated carbocycles. The summed E-state index contributed by atoms with van der Waals surface area (Å²) in [6.07, 6.45) is 2.70. The Morgan fingerprint density at radius 1 is 0.908 bits per heavy atom. The second-order valence-corrected chi connectivity index (χ2v) is 16.7. The molecule has 3 aromatic heterocycles. The van der Waals surface area contributed by atoms with Crippen LogP contribution < -0.4 is 23.7 Å². The van der Waals surface area contributed by atoms with Crippen molar-refractivity contribution in [2.45, 2.75) is 32.2 Å². The van der Waals surface area contributed by atoms with E-state index in [0.29, 0.717) is 85.0 Å². The minimum absolute atomic E-state index is 0.00250. The van der Waals surface area contributed by atoms with E-state index in [0.717, 1.165) is 31.7 Å². The topological polar surface area (TPSA) is 133 Å². The maximum atomic E-state index is 14.3. The van der Waals surface area contributed by atoms with Gasteiger partial charge < -0.3 is 38.1 Å². The predicted octanol–water partition coefficient (Wildman–Crippen LogP) is 8.93. The lowest BCUT2D eigenvalue weighted by Gasteiger charge is -2.34. The summed E-state index contributed by atoms with van der Waals surface area (Å²) in [6, 6.07) is 24.2. The number of hydrogen-bond acceptors (Lipinski definition) is 11. The minimum Gasteiger partial charge on any atom is -0.496 e. The van der Waals surface area contributed by atoms with Crippen LogP contribution in [0.15, 0.2) is 104 Å². The lowest BCUT2D eigenvalue weighted by Crippen LogP contribution is -2.49. The Balaban J connectivity index is 1.15. The Labute approximate surface area is 384 Å². The van der Waals surface area contributed by atoms with Gasteiger partial charge in [0.2, 0.25) is 12.0 Å². The van der Waals surface area contributed by atoms with Gasteiger partial charge in [-0.25, -0.2) is 24.1 Å². The van der Waals surface area contributed by atoms with Gasteiger partial charge in [0, 0.05) is 74.4 Å². The third kappa shape index (κ3) is 9.25. The molecule has 1 N–H and O–H groups in total. The first-order valence-corrected chi connectivity index (χ1v) is 21.8. The third-order valence-electron chi connectivity index (χ3n) is 11.7. The van der Waals surface area contributed by atoms with Crippen molar-refractivity contribution in [1.82, 2.24) is 29.2 Å². The first-order chi connectivity index (χ1) is 31.5. The van der Waals surface area contributed by atoms with Crippen molar-refractivity contribution < 1.29 is 38.0 Å². The highest BCUT2D eigenvalue weighted by atomic mass is 35.5. The molecule has 0 aliphatic carbocycles. The fraction of sp³-hybridized carbons (Fsp3) is 0.265. The number of carboxylic acid groups (broad SMARTS) is 1. The fourth-order valence-electron chi connectivity index (χ4n) is 8.25. The van der Waals surface area contributed by atoms with Crippen LogP contribution in [-0.2, 0) is 17.8 Å². The molecule has 16 heteroatoms. The number of aromatic nitrogens is 4. The molecule has 1 fully saturated rings. The van der Waals surface area contributed by atoms with Crippen LogP contribution in [0.1, 0.15) is 16.8 Å². The summed E-state index contributed by atoms with van der Waals surface area (Å²) < 4.78 is 47.7. The second-order valence-electron chi connectivity index (χ2n) is 16.0. The summed E-state index contributed by atoms with van der Waals surface area (Å²) in [5.74, 6) is 0.746. The maximum Gasteiger partial charge on any atom is 0.345 e. The molecule has 10 rings (SSSR count). The number of fused-ring (bicyclic) bond motifs is 7. The van der Waals surface area contributed by atoms with Crippen LogP contribution in [0.2, 0.25) is 10.2 Å². The Morgan fingerprint density at radius 3 is 2.49 bits per heavy atom. The molecule has 0 unspecified atom stereocenters. The second kappa shape index (κ2) is 18.9. The fourth-order valence-corrected chi connectivity index (χ4v) is 8.80. The van der Waals surface area contributed by atoms with Crippen LogP contribution in [0, 0.1) is 12.7 Å². The summed E-state index contributed by atoms with van der Waals surface area (Å²) >= 11 is 14.5. The molecule has 4 aromatic carbocycles. The molecule has 13 nitrogen and oxygen atoms in total. The van der Waals surface area contributed by atoms with Crippen molar-refractivity contribution in [2.24, 2.45) is 0 Å². The van der Waals surface area contributed by atoms with E-state index in [9.17, 15) is 14.3 Å². The number of piperazine rings is 1. The summed E-state index contributed by atoms with van der Waals surface area (Å²) in [4.78, 5) is 31.7. The number of carbonyl (C=O) groups is 1. The van der Waals surface area contributed by atoms with E-state index < -0.39 is 24.0 Å². The maximum absolute atomic E-state index is 14.3. The average Bonchev–Trinajstić information content (AvgIpc) is 3.61. The highest BCUT2D eigenvalue weighted by Crippen LogP contribution is 2.48. The van der Waals surface area contributed by atoms with Crippen molar-refractivity contribution in [3.63, 3.8) is 0 Å². The van der Waals surface area contributed by atoms with Gasteiger partial charge >= 0.3 is 5.97 Å². The number of hydrogen-bond donors (Lipinski definition) is 1. The molecule has 1 saturated heterocycles. The van der Waals surface area contributed by atoms with Crippen LogP contribution >= 0.6 is 23.2 Å². The van der Waals surface area contributed by atoms with Gasteiger partial charge in [-0.1, -0.05) is 53.5 Å². The summed E-state index contributed by atoms with van der Waals surface area (Å²) in [5.41, 5.74) is 5.23. The number of likely N-dealkylation sites (N-methyl/N-ethyl adjacent to an activating group) is 1. The summed E-state index contributed by atoms with van der Waals surface area (Å²) in [7, 11) is 3.70.